The Hall–Kier alpha value is -7.05. The van der Waals surface area contributed by atoms with Gasteiger partial charge in [0.05, 0.1) is 27.8 Å². The number of nitrogens with zero attached hydrogens (tertiary/aromatic N) is 4. The zero-order chi connectivity index (χ0) is 44.0. The highest BCUT2D eigenvalue weighted by Crippen LogP contribution is 2.45. The Bertz CT molecular complexity index is 3410. The van der Waals surface area contributed by atoms with Gasteiger partial charge >= 0.3 is 0 Å². The van der Waals surface area contributed by atoms with E-state index in [1.165, 1.54) is 16.7 Å². The Morgan fingerprint density at radius 1 is 0.476 bits per heavy atom. The normalized spacial score (nSPS) is 12.6. The molecule has 0 fully saturated rings. The van der Waals surface area contributed by atoms with Crippen molar-refractivity contribution in [3.05, 3.63) is 163 Å². The minimum atomic E-state index is -0.200. The summed E-state index contributed by atoms with van der Waals surface area (Å²) < 4.78 is 8.51. The number of aromatic nitrogens is 4. The molecule has 0 aliphatic heterocycles. The van der Waals surface area contributed by atoms with E-state index in [4.69, 9.17) is 19.4 Å². The van der Waals surface area contributed by atoms with Crippen LogP contribution >= 0.6 is 0 Å². The Balaban J connectivity index is 1.32. The van der Waals surface area contributed by atoms with Crippen molar-refractivity contribution in [3.63, 3.8) is 0 Å². The van der Waals surface area contributed by atoms with Crippen LogP contribution in [-0.2, 0) is 16.2 Å². The summed E-state index contributed by atoms with van der Waals surface area (Å²) in [6.45, 7) is 20.3. The van der Waals surface area contributed by atoms with Crippen LogP contribution in [0.15, 0.2) is 150 Å². The van der Waals surface area contributed by atoms with Gasteiger partial charge in [-0.3, -0.25) is 14.5 Å². The van der Waals surface area contributed by atoms with E-state index in [1.54, 1.807) is 18.5 Å². The molecule has 3 aromatic heterocycles. The summed E-state index contributed by atoms with van der Waals surface area (Å²) in [6, 6.07) is 46.9. The predicted octanol–water partition coefficient (Wildman–Crippen LogP) is 15.1. The summed E-state index contributed by atoms with van der Waals surface area (Å²) in [5.74, 6) is 0.926. The highest BCUT2D eigenvalue weighted by molar-refractivity contribution is 6.09. The van der Waals surface area contributed by atoms with Crippen LogP contribution < -0.4 is 0 Å². The Morgan fingerprint density at radius 3 is 1.92 bits per heavy atom. The van der Waals surface area contributed by atoms with Gasteiger partial charge in [0.2, 0.25) is 0 Å². The summed E-state index contributed by atoms with van der Waals surface area (Å²) >= 11 is 0. The molecule has 1 N–H and O–H groups in total. The van der Waals surface area contributed by atoms with Gasteiger partial charge < -0.3 is 9.52 Å². The fourth-order valence-corrected chi connectivity index (χ4v) is 8.85. The number of para-hydroxylation sites is 2. The average molecular weight is 825 g/mol. The molecule has 312 valence electrons. The molecule has 6 heteroatoms. The molecule has 0 amide bonds. The zero-order valence-electron chi connectivity index (χ0n) is 37.5. The second kappa shape index (κ2) is 14.5. The summed E-state index contributed by atoms with van der Waals surface area (Å²) in [5.41, 5.74) is 15.9. The molecular weight excluding hydrogens is 773 g/mol. The second-order valence-electron chi connectivity index (χ2n) is 20.0. The monoisotopic (exact) mass is 824 g/mol. The molecular formula is C57H52N4O2. The van der Waals surface area contributed by atoms with E-state index in [0.29, 0.717) is 11.1 Å². The van der Waals surface area contributed by atoms with Crippen molar-refractivity contribution in [2.75, 3.05) is 0 Å². The molecule has 0 unspecified atom stereocenters. The standard InChI is InChI=1S/C57H52N4O2/c1-55(2,3)37-22-23-47(42(29-37)34-16-11-10-12-17-34)61-48-20-15-19-41(44-32-45-40-18-13-14-21-50(40)63-51(45)33-49(44)62)53(48)60-54(61)36-26-35(27-38(28-36)56(4,5)6)43-30-39(57(7,8)9)31-46-52(43)59-25-24-58-46/h10-33,62H,1-9H3. The average Bonchev–Trinajstić information content (AvgIpc) is 3.83. The summed E-state index contributed by atoms with van der Waals surface area (Å²) in [7, 11) is 0. The molecule has 6 nitrogen and oxygen atoms in total. The molecule has 0 bridgehead atoms. The van der Waals surface area contributed by atoms with Crippen LogP contribution in [-0.4, -0.2) is 24.6 Å². The second-order valence-corrected chi connectivity index (χ2v) is 20.0. The third kappa shape index (κ3) is 7.04. The number of phenolic OH excluding ortho intramolecular Hbond substituents is 1. The first kappa shape index (κ1) is 40.0. The fraction of sp³-hybridized carbons (Fsp3) is 0.211. The Morgan fingerprint density at radius 2 is 1.16 bits per heavy atom. The van der Waals surface area contributed by atoms with Crippen LogP contribution in [0.3, 0.4) is 0 Å². The van der Waals surface area contributed by atoms with Gasteiger partial charge in [-0.2, -0.15) is 0 Å². The smallest absolute Gasteiger partial charge is 0.145 e. The summed E-state index contributed by atoms with van der Waals surface area (Å²) in [4.78, 5) is 15.4. The lowest BCUT2D eigenvalue weighted by molar-refractivity contribution is 0.477. The highest BCUT2D eigenvalue weighted by atomic mass is 16.3. The van der Waals surface area contributed by atoms with Crippen molar-refractivity contribution >= 4 is 44.0 Å². The van der Waals surface area contributed by atoms with E-state index < -0.39 is 0 Å². The number of rotatable bonds is 5. The SMILES string of the molecule is CC(C)(C)c1cc(-c2cc(C(C)(C)C)cc3nccnc23)cc(-c2nc3c(-c4cc5c(cc4O)oc4ccccc45)cccc3n2-c2ccc(C(C)(C)C)cc2-c2ccccc2)c1. The van der Waals surface area contributed by atoms with E-state index in [2.05, 4.69) is 170 Å². The lowest BCUT2D eigenvalue weighted by Crippen LogP contribution is -2.13. The van der Waals surface area contributed by atoms with Crippen LogP contribution in [0.25, 0.3) is 94.5 Å². The largest absolute Gasteiger partial charge is 0.507 e. The lowest BCUT2D eigenvalue weighted by atomic mass is 9.82. The minimum Gasteiger partial charge on any atom is -0.507 e. The molecule has 0 aliphatic rings. The van der Waals surface area contributed by atoms with E-state index in [9.17, 15) is 5.11 Å². The molecule has 0 aliphatic carbocycles. The van der Waals surface area contributed by atoms with E-state index in [-0.39, 0.29) is 22.0 Å². The van der Waals surface area contributed by atoms with Crippen LogP contribution in [0.4, 0.5) is 0 Å². The molecule has 0 saturated carbocycles. The number of fused-ring (bicyclic) bond motifs is 5. The number of imidazole rings is 1. The van der Waals surface area contributed by atoms with Gasteiger partial charge in [0.25, 0.3) is 0 Å². The maximum Gasteiger partial charge on any atom is 0.145 e. The summed E-state index contributed by atoms with van der Waals surface area (Å²) in [6.07, 6.45) is 3.55. The number of hydrogen-bond donors (Lipinski definition) is 1. The van der Waals surface area contributed by atoms with Gasteiger partial charge in [-0.15, -0.1) is 0 Å². The molecule has 7 aromatic carbocycles. The molecule has 0 atom stereocenters. The van der Waals surface area contributed by atoms with Crippen LogP contribution in [0.2, 0.25) is 0 Å². The van der Waals surface area contributed by atoms with Crippen molar-refractivity contribution in [2.45, 2.75) is 78.6 Å². The van der Waals surface area contributed by atoms with Crippen molar-refractivity contribution in [3.8, 4) is 56.2 Å². The molecule has 10 aromatic rings. The number of benzene rings is 7. The number of furan rings is 1. The third-order valence-electron chi connectivity index (χ3n) is 12.5. The van der Waals surface area contributed by atoms with Crippen molar-refractivity contribution in [1.82, 2.24) is 19.5 Å². The molecule has 3 heterocycles. The molecule has 0 radical (unpaired) electrons. The first-order valence-corrected chi connectivity index (χ1v) is 21.8. The summed E-state index contributed by atoms with van der Waals surface area (Å²) in [5, 5.41) is 13.7. The number of aromatic hydroxyl groups is 1. The fourth-order valence-electron chi connectivity index (χ4n) is 8.85. The Kier molecular flexibility index (Phi) is 9.23. The first-order valence-electron chi connectivity index (χ1n) is 21.8. The van der Waals surface area contributed by atoms with E-state index in [0.717, 1.165) is 83.3 Å². The van der Waals surface area contributed by atoms with Crippen LogP contribution in [0, 0.1) is 0 Å². The van der Waals surface area contributed by atoms with Crippen LogP contribution in [0.1, 0.15) is 79.0 Å². The maximum atomic E-state index is 11.8. The molecule has 10 rings (SSSR count). The van der Waals surface area contributed by atoms with Gasteiger partial charge in [0, 0.05) is 57.0 Å². The number of hydrogen-bond acceptors (Lipinski definition) is 5. The quantitative estimate of drug-likeness (QED) is 0.187. The molecule has 0 saturated heterocycles. The minimum absolute atomic E-state index is 0.0777. The lowest BCUT2D eigenvalue weighted by Gasteiger charge is -2.24. The number of phenols is 1. The van der Waals surface area contributed by atoms with Gasteiger partial charge in [-0.05, 0) is 98.7 Å². The topological polar surface area (TPSA) is 77.0 Å². The van der Waals surface area contributed by atoms with Crippen molar-refractivity contribution in [1.29, 1.82) is 0 Å². The van der Waals surface area contributed by atoms with Crippen molar-refractivity contribution in [2.24, 2.45) is 0 Å². The molecule has 0 spiro atoms. The van der Waals surface area contributed by atoms with Crippen molar-refractivity contribution < 1.29 is 9.52 Å². The third-order valence-corrected chi connectivity index (χ3v) is 12.5. The zero-order valence-corrected chi connectivity index (χ0v) is 37.5. The Labute approximate surface area is 368 Å². The van der Waals surface area contributed by atoms with Gasteiger partial charge in [0.1, 0.15) is 22.7 Å². The maximum absolute atomic E-state index is 11.8. The predicted molar refractivity (Wildman–Crippen MR) is 261 cm³/mol. The van der Waals surface area contributed by atoms with Gasteiger partial charge in [0.15, 0.2) is 0 Å². The molecule has 63 heavy (non-hydrogen) atoms. The van der Waals surface area contributed by atoms with Gasteiger partial charge in [-0.25, -0.2) is 4.98 Å². The van der Waals surface area contributed by atoms with E-state index in [1.807, 2.05) is 24.3 Å². The first-order chi connectivity index (χ1) is 30.0. The van der Waals surface area contributed by atoms with Crippen LogP contribution in [0.5, 0.6) is 5.75 Å². The van der Waals surface area contributed by atoms with Gasteiger partial charge in [-0.1, -0.05) is 135 Å². The highest BCUT2D eigenvalue weighted by Gasteiger charge is 2.27. The van der Waals surface area contributed by atoms with E-state index >= 15 is 0 Å².